The fourth-order valence-corrected chi connectivity index (χ4v) is 4.51. The Morgan fingerprint density at radius 3 is 2.39 bits per heavy atom. The molecule has 1 saturated heterocycles. The van der Waals surface area contributed by atoms with Gasteiger partial charge in [0, 0.05) is 32.1 Å². The second-order valence-electron chi connectivity index (χ2n) is 8.32. The summed E-state index contributed by atoms with van der Waals surface area (Å²) in [5, 5.41) is 0. The van der Waals surface area contributed by atoms with Crippen molar-refractivity contribution in [1.82, 2.24) is 9.80 Å². The number of ether oxygens (including phenoxy) is 3. The summed E-state index contributed by atoms with van der Waals surface area (Å²) in [5.74, 6) is 1.48. The molecule has 0 radical (unpaired) electrons. The van der Waals surface area contributed by atoms with Crippen molar-refractivity contribution in [1.29, 1.82) is 0 Å². The van der Waals surface area contributed by atoms with Crippen molar-refractivity contribution in [2.24, 2.45) is 5.92 Å². The maximum atomic E-state index is 13.6. The summed E-state index contributed by atoms with van der Waals surface area (Å²) in [5.41, 5.74) is 1.80. The number of likely N-dealkylation sites (tertiary alicyclic amines) is 1. The zero-order chi connectivity index (χ0) is 24.0. The Labute approximate surface area is 196 Å². The molecule has 1 aliphatic heterocycles. The third-order valence-corrected chi connectivity index (χ3v) is 6.23. The van der Waals surface area contributed by atoms with E-state index in [-0.39, 0.29) is 24.3 Å². The first-order valence-corrected chi connectivity index (χ1v) is 11.3. The average Bonchev–Trinajstić information content (AvgIpc) is 3.17. The number of hydrogen-bond donors (Lipinski definition) is 0. The highest BCUT2D eigenvalue weighted by atomic mass is 16.5. The molecular weight excluding hydrogens is 420 g/mol. The third-order valence-electron chi connectivity index (χ3n) is 6.23. The molecule has 0 aliphatic carbocycles. The second-order valence-corrected chi connectivity index (χ2v) is 8.32. The van der Waals surface area contributed by atoms with Gasteiger partial charge < -0.3 is 24.0 Å². The van der Waals surface area contributed by atoms with Gasteiger partial charge in [0.05, 0.1) is 33.3 Å². The van der Waals surface area contributed by atoms with Crippen molar-refractivity contribution >= 4 is 11.8 Å². The SMILES string of the molecule is CCCCN1C(=O)CC(C(=O)N(C)Cc2cccc(OC)c2OC)C1c1ccc(OC)cc1. The molecule has 2 amide bonds. The Morgan fingerprint density at radius 1 is 1.06 bits per heavy atom. The van der Waals surface area contributed by atoms with Crippen LogP contribution < -0.4 is 14.2 Å². The molecule has 7 heteroatoms. The van der Waals surface area contributed by atoms with Crippen LogP contribution in [0.15, 0.2) is 42.5 Å². The summed E-state index contributed by atoms with van der Waals surface area (Å²) < 4.78 is 16.2. The van der Waals surface area contributed by atoms with Crippen LogP contribution in [0.25, 0.3) is 0 Å². The van der Waals surface area contributed by atoms with E-state index >= 15 is 0 Å². The summed E-state index contributed by atoms with van der Waals surface area (Å²) in [6.07, 6.45) is 2.09. The maximum absolute atomic E-state index is 13.6. The number of hydrogen-bond acceptors (Lipinski definition) is 5. The van der Waals surface area contributed by atoms with E-state index < -0.39 is 5.92 Å². The zero-order valence-electron chi connectivity index (χ0n) is 20.2. The van der Waals surface area contributed by atoms with E-state index in [1.165, 1.54) is 0 Å². The number of nitrogens with zero attached hydrogens (tertiary/aromatic N) is 2. The van der Waals surface area contributed by atoms with Crippen LogP contribution in [-0.2, 0) is 16.1 Å². The van der Waals surface area contributed by atoms with Crippen molar-refractivity contribution in [3.63, 3.8) is 0 Å². The molecule has 2 aromatic carbocycles. The quantitative estimate of drug-likeness (QED) is 0.542. The first-order valence-electron chi connectivity index (χ1n) is 11.3. The number of amides is 2. The van der Waals surface area contributed by atoms with Gasteiger partial charge in [-0.3, -0.25) is 9.59 Å². The maximum Gasteiger partial charge on any atom is 0.228 e. The van der Waals surface area contributed by atoms with Crippen LogP contribution in [0.1, 0.15) is 43.4 Å². The summed E-state index contributed by atoms with van der Waals surface area (Å²) >= 11 is 0. The normalized spacial score (nSPS) is 17.7. The molecule has 0 aromatic heterocycles. The topological polar surface area (TPSA) is 68.3 Å². The lowest BCUT2D eigenvalue weighted by atomic mass is 9.92. The molecule has 2 unspecified atom stereocenters. The molecule has 1 aliphatic rings. The summed E-state index contributed by atoms with van der Waals surface area (Å²) in [6, 6.07) is 13.0. The molecule has 3 rings (SSSR count). The summed E-state index contributed by atoms with van der Waals surface area (Å²) in [7, 11) is 6.57. The number of methoxy groups -OCH3 is 3. The Kier molecular flexibility index (Phi) is 8.20. The van der Waals surface area contributed by atoms with Gasteiger partial charge in [0.25, 0.3) is 0 Å². The monoisotopic (exact) mass is 454 g/mol. The summed E-state index contributed by atoms with van der Waals surface area (Å²) in [6.45, 7) is 3.10. The van der Waals surface area contributed by atoms with Crippen LogP contribution in [0.5, 0.6) is 17.2 Å². The molecule has 0 saturated carbocycles. The lowest BCUT2D eigenvalue weighted by molar-refractivity contribution is -0.135. The van der Waals surface area contributed by atoms with Crippen molar-refractivity contribution in [3.05, 3.63) is 53.6 Å². The zero-order valence-corrected chi connectivity index (χ0v) is 20.2. The molecule has 0 spiro atoms. The molecule has 2 atom stereocenters. The smallest absolute Gasteiger partial charge is 0.228 e. The third kappa shape index (κ3) is 5.24. The minimum atomic E-state index is -0.454. The predicted octanol–water partition coefficient (Wildman–Crippen LogP) is 4.06. The second kappa shape index (κ2) is 11.1. The molecule has 0 N–H and O–H groups in total. The van der Waals surface area contributed by atoms with E-state index in [4.69, 9.17) is 14.2 Å². The predicted molar refractivity (Wildman–Crippen MR) is 126 cm³/mol. The van der Waals surface area contributed by atoms with Gasteiger partial charge in [0.1, 0.15) is 5.75 Å². The Morgan fingerprint density at radius 2 is 1.79 bits per heavy atom. The number of unbranched alkanes of at least 4 members (excludes halogenated alkanes) is 1. The highest BCUT2D eigenvalue weighted by Gasteiger charge is 2.45. The molecular formula is C26H34N2O5. The van der Waals surface area contributed by atoms with Gasteiger partial charge in [-0.2, -0.15) is 0 Å². The fraction of sp³-hybridized carbons (Fsp3) is 0.462. The number of para-hydroxylation sites is 1. The van der Waals surface area contributed by atoms with Gasteiger partial charge in [0.15, 0.2) is 11.5 Å². The van der Waals surface area contributed by atoms with Crippen LogP contribution in [0.2, 0.25) is 0 Å². The van der Waals surface area contributed by atoms with Crippen LogP contribution in [-0.4, -0.2) is 56.5 Å². The number of carbonyl (C=O) groups excluding carboxylic acids is 2. The lowest BCUT2D eigenvalue weighted by Crippen LogP contribution is -2.37. The Balaban J connectivity index is 1.88. The highest BCUT2D eigenvalue weighted by Crippen LogP contribution is 2.40. The molecule has 7 nitrogen and oxygen atoms in total. The number of carbonyl (C=O) groups is 2. The minimum absolute atomic E-state index is 0.0231. The molecule has 33 heavy (non-hydrogen) atoms. The van der Waals surface area contributed by atoms with E-state index in [2.05, 4.69) is 6.92 Å². The molecule has 0 bridgehead atoms. The molecule has 2 aromatic rings. The standard InChI is InChI=1S/C26H34N2O5/c1-6-7-15-28-23(29)16-21(24(28)18-11-13-20(31-3)14-12-18)26(30)27(2)17-19-9-8-10-22(32-4)25(19)33-5/h8-14,21,24H,6-7,15-17H2,1-5H3. The van der Waals surface area contributed by atoms with E-state index in [9.17, 15) is 9.59 Å². The van der Waals surface area contributed by atoms with Gasteiger partial charge in [-0.15, -0.1) is 0 Å². The molecule has 178 valence electrons. The summed E-state index contributed by atoms with van der Waals surface area (Å²) in [4.78, 5) is 30.1. The Hall–Kier alpha value is -3.22. The van der Waals surface area contributed by atoms with Crippen LogP contribution >= 0.6 is 0 Å². The van der Waals surface area contributed by atoms with Crippen LogP contribution in [0.3, 0.4) is 0 Å². The molecule has 1 fully saturated rings. The number of rotatable bonds is 10. The van der Waals surface area contributed by atoms with Crippen molar-refractivity contribution in [3.8, 4) is 17.2 Å². The van der Waals surface area contributed by atoms with E-state index in [1.54, 1.807) is 33.3 Å². The number of benzene rings is 2. The first kappa shape index (κ1) is 24.4. The van der Waals surface area contributed by atoms with E-state index in [0.29, 0.717) is 24.6 Å². The van der Waals surface area contributed by atoms with Crippen molar-refractivity contribution < 1.29 is 23.8 Å². The lowest BCUT2D eigenvalue weighted by Gasteiger charge is -2.30. The highest BCUT2D eigenvalue weighted by molar-refractivity contribution is 5.90. The van der Waals surface area contributed by atoms with Gasteiger partial charge >= 0.3 is 0 Å². The van der Waals surface area contributed by atoms with E-state index in [0.717, 1.165) is 29.7 Å². The Bertz CT molecular complexity index is 960. The first-order chi connectivity index (χ1) is 15.9. The largest absolute Gasteiger partial charge is 0.497 e. The van der Waals surface area contributed by atoms with Crippen molar-refractivity contribution in [2.75, 3.05) is 34.9 Å². The van der Waals surface area contributed by atoms with Crippen LogP contribution in [0, 0.1) is 5.92 Å². The van der Waals surface area contributed by atoms with Gasteiger partial charge in [-0.25, -0.2) is 0 Å². The van der Waals surface area contributed by atoms with E-state index in [1.807, 2.05) is 47.4 Å². The van der Waals surface area contributed by atoms with Crippen molar-refractivity contribution in [2.45, 2.75) is 38.8 Å². The molecule has 1 heterocycles. The fourth-order valence-electron chi connectivity index (χ4n) is 4.51. The average molecular weight is 455 g/mol. The minimum Gasteiger partial charge on any atom is -0.497 e. The van der Waals surface area contributed by atoms with Gasteiger partial charge in [-0.05, 0) is 30.2 Å². The van der Waals surface area contributed by atoms with Gasteiger partial charge in [-0.1, -0.05) is 37.6 Å². The van der Waals surface area contributed by atoms with Gasteiger partial charge in [0.2, 0.25) is 11.8 Å². The van der Waals surface area contributed by atoms with Crippen LogP contribution in [0.4, 0.5) is 0 Å².